The van der Waals surface area contributed by atoms with E-state index in [0.29, 0.717) is 50.4 Å². The van der Waals surface area contributed by atoms with Gasteiger partial charge in [-0.2, -0.15) is 18.3 Å². The van der Waals surface area contributed by atoms with Gasteiger partial charge in [0.25, 0.3) is 5.91 Å². The molecule has 1 amide bonds. The Labute approximate surface area is 206 Å². The largest absolute Gasteiger partial charge is 0.462 e. The smallest absolute Gasteiger partial charge is 0.416 e. The molecule has 0 radical (unpaired) electrons. The number of hydrogen-bond donors (Lipinski definition) is 1. The monoisotopic (exact) mass is 515 g/mol. The summed E-state index contributed by atoms with van der Waals surface area (Å²) in [6, 6.07) is 2.62. The van der Waals surface area contributed by atoms with E-state index in [0.717, 1.165) is 36.7 Å². The van der Waals surface area contributed by atoms with Crippen molar-refractivity contribution in [1.82, 2.24) is 15.1 Å². The van der Waals surface area contributed by atoms with Gasteiger partial charge in [0.15, 0.2) is 0 Å². The molecule has 7 nitrogen and oxygen atoms in total. The first-order valence-corrected chi connectivity index (χ1v) is 12.0. The molecule has 35 heavy (non-hydrogen) atoms. The van der Waals surface area contributed by atoms with Crippen LogP contribution in [0.3, 0.4) is 0 Å². The number of fused-ring (bicyclic) bond motifs is 1. The number of aromatic nitrogens is 2. The topological polar surface area (TPSA) is 82.5 Å². The molecule has 192 valence electrons. The third-order valence-corrected chi connectivity index (χ3v) is 5.81. The third-order valence-electron chi connectivity index (χ3n) is 5.59. The Kier molecular flexibility index (Phi) is 9.18. The van der Waals surface area contributed by atoms with Crippen molar-refractivity contribution >= 4 is 23.5 Å². The number of aryl methyl sites for hydroxylation is 1. The molecule has 1 aromatic carbocycles. The predicted molar refractivity (Wildman–Crippen MR) is 124 cm³/mol. The fraction of sp³-hybridized carbons (Fsp3) is 0.542. The van der Waals surface area contributed by atoms with Gasteiger partial charge in [-0.25, -0.2) is 4.79 Å². The van der Waals surface area contributed by atoms with Gasteiger partial charge in [0.1, 0.15) is 0 Å². The summed E-state index contributed by atoms with van der Waals surface area (Å²) in [4.78, 5) is 25.3. The van der Waals surface area contributed by atoms with Gasteiger partial charge in [-0.05, 0) is 43.9 Å². The fourth-order valence-corrected chi connectivity index (χ4v) is 4.13. The van der Waals surface area contributed by atoms with E-state index in [9.17, 15) is 22.8 Å². The maximum absolute atomic E-state index is 13.0. The normalized spacial score (nSPS) is 16.1. The number of alkyl halides is 3. The first-order chi connectivity index (χ1) is 16.6. The van der Waals surface area contributed by atoms with Crippen molar-refractivity contribution in [3.05, 3.63) is 51.3 Å². The molecule has 1 aliphatic rings. The summed E-state index contributed by atoms with van der Waals surface area (Å²) in [6.07, 6.45) is -1.98. The highest BCUT2D eigenvalue weighted by Gasteiger charge is 2.32. The highest BCUT2D eigenvalue weighted by atomic mass is 35.5. The Bertz CT molecular complexity index is 1060. The van der Waals surface area contributed by atoms with Crippen LogP contribution in [0, 0.1) is 5.92 Å². The second kappa shape index (κ2) is 11.9. The maximum Gasteiger partial charge on any atom is 0.416 e. The molecule has 0 saturated heterocycles. The molecule has 11 heteroatoms. The zero-order valence-electron chi connectivity index (χ0n) is 19.7. The van der Waals surface area contributed by atoms with Crippen LogP contribution in [0.1, 0.15) is 64.4 Å². The van der Waals surface area contributed by atoms with Crippen LogP contribution in [0.15, 0.2) is 18.2 Å². The van der Waals surface area contributed by atoms with Crippen molar-refractivity contribution in [3.63, 3.8) is 0 Å². The zero-order valence-corrected chi connectivity index (χ0v) is 20.5. The predicted octanol–water partition coefficient (Wildman–Crippen LogP) is 4.69. The summed E-state index contributed by atoms with van der Waals surface area (Å²) in [5.74, 6) is -1.27. The van der Waals surface area contributed by atoms with E-state index in [1.165, 1.54) is 0 Å². The highest BCUT2D eigenvalue weighted by molar-refractivity contribution is 6.31. The van der Waals surface area contributed by atoms with Gasteiger partial charge in [0, 0.05) is 37.2 Å². The van der Waals surface area contributed by atoms with Crippen molar-refractivity contribution in [2.45, 2.75) is 52.3 Å². The Morgan fingerprint density at radius 1 is 1.29 bits per heavy atom. The molecule has 0 unspecified atom stereocenters. The molecule has 1 atom stereocenters. The third kappa shape index (κ3) is 7.20. The number of benzene rings is 1. The number of nitrogens with one attached hydrogen (secondary N) is 1. The molecule has 0 aliphatic carbocycles. The number of carbonyl (C=O) groups is 2. The lowest BCUT2D eigenvalue weighted by molar-refractivity contribution is -0.137. The Morgan fingerprint density at radius 3 is 2.74 bits per heavy atom. The molecule has 1 N–H and O–H groups in total. The lowest BCUT2D eigenvalue weighted by Gasteiger charge is -2.16. The molecule has 0 spiro atoms. The van der Waals surface area contributed by atoms with Gasteiger partial charge in [-0.3, -0.25) is 9.48 Å². The average molecular weight is 516 g/mol. The molecule has 3 rings (SSSR count). The standard InChI is InChI=1S/C24H29ClF3N3O4/c1-3-19-21-20(6-4-8-34-9-5-7-29-22(21)32)31(30-19)13-15(2)14-35-23(33)16-10-17(24(26,27)28)12-18(25)11-16/h10-12,15H,3-9,13-14H2,1-2H3,(H,29,32)/t15-/m1/s1. The molecule has 2 aromatic rings. The van der Waals surface area contributed by atoms with Gasteiger partial charge < -0.3 is 14.8 Å². The van der Waals surface area contributed by atoms with E-state index in [1.54, 1.807) is 4.68 Å². The summed E-state index contributed by atoms with van der Waals surface area (Å²) in [7, 11) is 0. The van der Waals surface area contributed by atoms with Crippen LogP contribution in [0.4, 0.5) is 13.2 Å². The maximum atomic E-state index is 13.0. The van der Waals surface area contributed by atoms with E-state index >= 15 is 0 Å². The quantitative estimate of drug-likeness (QED) is 0.564. The highest BCUT2D eigenvalue weighted by Crippen LogP contribution is 2.32. The lowest BCUT2D eigenvalue weighted by Crippen LogP contribution is -2.27. The first-order valence-electron chi connectivity index (χ1n) is 11.6. The number of carbonyl (C=O) groups excluding carboxylic acids is 2. The Morgan fingerprint density at radius 2 is 2.03 bits per heavy atom. The Balaban J connectivity index is 1.72. The van der Waals surface area contributed by atoms with Crippen molar-refractivity contribution in [1.29, 1.82) is 0 Å². The fourth-order valence-electron chi connectivity index (χ4n) is 3.89. The number of halogens is 4. The summed E-state index contributed by atoms with van der Waals surface area (Å²) in [5, 5.41) is 7.36. The SMILES string of the molecule is CCc1nn(C[C@@H](C)COC(=O)c2cc(Cl)cc(C(F)(F)F)c2)c2c1C(=O)NCCCOCCC2. The zero-order chi connectivity index (χ0) is 25.6. The molecule has 1 aromatic heterocycles. The summed E-state index contributed by atoms with van der Waals surface area (Å²) in [6.45, 7) is 5.76. The van der Waals surface area contributed by atoms with Crippen LogP contribution >= 0.6 is 11.6 Å². The summed E-state index contributed by atoms with van der Waals surface area (Å²) in [5.41, 5.74) is 0.789. The van der Waals surface area contributed by atoms with Crippen LogP contribution < -0.4 is 5.32 Å². The van der Waals surface area contributed by atoms with Gasteiger partial charge >= 0.3 is 12.1 Å². The van der Waals surface area contributed by atoms with Gasteiger partial charge in [0.2, 0.25) is 0 Å². The minimum absolute atomic E-state index is 0.0436. The number of amides is 1. The molecule has 0 fully saturated rings. The minimum atomic E-state index is -4.63. The van der Waals surface area contributed by atoms with Gasteiger partial charge in [0.05, 0.1) is 34.7 Å². The minimum Gasteiger partial charge on any atom is -0.462 e. The second-order valence-corrected chi connectivity index (χ2v) is 9.00. The number of ether oxygens (including phenoxy) is 2. The molecule has 0 saturated carbocycles. The first kappa shape index (κ1) is 27.0. The lowest BCUT2D eigenvalue weighted by atomic mass is 10.1. The van der Waals surface area contributed by atoms with Crippen molar-refractivity contribution < 1.29 is 32.2 Å². The van der Waals surface area contributed by atoms with Gasteiger partial charge in [-0.1, -0.05) is 25.4 Å². The Hall–Kier alpha value is -2.59. The van der Waals surface area contributed by atoms with Crippen LogP contribution in [-0.4, -0.2) is 48.0 Å². The van der Waals surface area contributed by atoms with Crippen molar-refractivity contribution in [3.8, 4) is 0 Å². The van der Waals surface area contributed by atoms with E-state index in [1.807, 2.05) is 13.8 Å². The number of esters is 1. The van der Waals surface area contributed by atoms with E-state index in [-0.39, 0.29) is 29.0 Å². The molecule has 0 bridgehead atoms. The molecule has 2 heterocycles. The van der Waals surface area contributed by atoms with Crippen LogP contribution in [0.2, 0.25) is 5.02 Å². The van der Waals surface area contributed by atoms with Gasteiger partial charge in [-0.15, -0.1) is 0 Å². The average Bonchev–Trinajstić information content (AvgIpc) is 3.12. The van der Waals surface area contributed by atoms with Crippen LogP contribution in [0.5, 0.6) is 0 Å². The number of rotatable bonds is 6. The van der Waals surface area contributed by atoms with Crippen LogP contribution in [-0.2, 0) is 35.0 Å². The molecular formula is C24H29ClF3N3O4. The molecular weight excluding hydrogens is 487 g/mol. The van der Waals surface area contributed by atoms with Crippen molar-refractivity contribution in [2.75, 3.05) is 26.4 Å². The molecule has 1 aliphatic heterocycles. The summed E-state index contributed by atoms with van der Waals surface area (Å²) >= 11 is 5.76. The van der Waals surface area contributed by atoms with E-state index in [4.69, 9.17) is 21.1 Å². The number of hydrogen-bond acceptors (Lipinski definition) is 5. The van der Waals surface area contributed by atoms with Crippen LogP contribution in [0.25, 0.3) is 0 Å². The second-order valence-electron chi connectivity index (χ2n) is 8.56. The van der Waals surface area contributed by atoms with Crippen molar-refractivity contribution in [2.24, 2.45) is 5.92 Å². The summed E-state index contributed by atoms with van der Waals surface area (Å²) < 4.78 is 51.7. The van der Waals surface area contributed by atoms with E-state index in [2.05, 4.69) is 10.4 Å². The number of nitrogens with zero attached hydrogens (tertiary/aromatic N) is 2. The van der Waals surface area contributed by atoms with E-state index < -0.39 is 17.7 Å².